The summed E-state index contributed by atoms with van der Waals surface area (Å²) in [5.41, 5.74) is 3.59. The van der Waals surface area contributed by atoms with Crippen LogP contribution in [0.15, 0.2) is 56.7 Å². The molecule has 3 rings (SSSR count). The zero-order chi connectivity index (χ0) is 19.2. The van der Waals surface area contributed by atoms with E-state index < -0.39 is 0 Å². The van der Waals surface area contributed by atoms with E-state index in [2.05, 4.69) is 37.5 Å². The van der Waals surface area contributed by atoms with Crippen LogP contribution in [-0.2, 0) is 19.3 Å². The van der Waals surface area contributed by atoms with E-state index in [1.807, 2.05) is 12.1 Å². The summed E-state index contributed by atoms with van der Waals surface area (Å²) >= 11 is 3.14. The molecule has 1 heterocycles. The fraction of sp³-hybridized carbons (Fsp3) is 0.158. The molecule has 0 spiro atoms. The average molecular weight is 429 g/mol. The second-order valence-corrected chi connectivity index (χ2v) is 6.69. The number of oxime groups is 1. The Morgan fingerprint density at radius 1 is 1.15 bits per heavy atom. The first-order valence-corrected chi connectivity index (χ1v) is 8.85. The van der Waals surface area contributed by atoms with Crippen LogP contribution in [0.4, 0.5) is 4.39 Å². The van der Waals surface area contributed by atoms with Crippen molar-refractivity contribution < 1.29 is 14.2 Å². The second kappa shape index (κ2) is 8.56. The van der Waals surface area contributed by atoms with Crippen LogP contribution in [0.3, 0.4) is 0 Å². The Bertz CT molecular complexity index is 1010. The second-order valence-electron chi connectivity index (χ2n) is 5.84. The van der Waals surface area contributed by atoms with E-state index in [9.17, 15) is 9.60 Å². The minimum Gasteiger partial charge on any atom is -0.411 e. The highest BCUT2D eigenvalue weighted by Gasteiger charge is 2.18. The summed E-state index contributed by atoms with van der Waals surface area (Å²) in [4.78, 5) is 0. The number of halogens is 2. The van der Waals surface area contributed by atoms with Gasteiger partial charge in [-0.2, -0.15) is 5.26 Å². The van der Waals surface area contributed by atoms with Gasteiger partial charge in [0.25, 0.3) is 0 Å². The lowest BCUT2D eigenvalue weighted by Crippen LogP contribution is -2.10. The van der Waals surface area contributed by atoms with Gasteiger partial charge in [-0.15, -0.1) is 0 Å². The van der Waals surface area contributed by atoms with Gasteiger partial charge in [-0.05, 0) is 69.3 Å². The zero-order valence-electron chi connectivity index (χ0n) is 14.1. The molecule has 27 heavy (non-hydrogen) atoms. The largest absolute Gasteiger partial charge is 0.411 e. The summed E-state index contributed by atoms with van der Waals surface area (Å²) in [7, 11) is 0. The van der Waals surface area contributed by atoms with E-state index in [1.165, 1.54) is 6.07 Å². The van der Waals surface area contributed by atoms with Crippen molar-refractivity contribution in [2.24, 2.45) is 5.16 Å². The van der Waals surface area contributed by atoms with Gasteiger partial charge in [-0.25, -0.2) is 9.02 Å². The Kier molecular flexibility index (Phi) is 5.94. The van der Waals surface area contributed by atoms with E-state index in [1.54, 1.807) is 24.3 Å². The maximum atomic E-state index is 13.4. The molecule has 2 aromatic carbocycles. The lowest BCUT2D eigenvalue weighted by atomic mass is 10.0. The first-order valence-electron chi connectivity index (χ1n) is 8.06. The third kappa shape index (κ3) is 4.57. The predicted molar refractivity (Wildman–Crippen MR) is 99.0 cm³/mol. The van der Waals surface area contributed by atoms with Crippen LogP contribution >= 0.6 is 15.9 Å². The van der Waals surface area contributed by atoms with E-state index in [-0.39, 0.29) is 17.9 Å². The van der Waals surface area contributed by atoms with Crippen molar-refractivity contribution in [3.8, 4) is 6.07 Å². The monoisotopic (exact) mass is 428 g/mol. The van der Waals surface area contributed by atoms with Crippen LogP contribution in [0.25, 0.3) is 0 Å². The topological polar surface area (TPSA) is 95.3 Å². The molecule has 0 radical (unpaired) electrons. The van der Waals surface area contributed by atoms with Gasteiger partial charge in [-0.3, -0.25) is 0 Å². The number of benzene rings is 2. The molecule has 8 heteroatoms. The van der Waals surface area contributed by atoms with Crippen molar-refractivity contribution in [1.29, 1.82) is 5.26 Å². The Morgan fingerprint density at radius 3 is 2.56 bits per heavy atom. The summed E-state index contributed by atoms with van der Waals surface area (Å²) in [6.45, 7) is 0. The highest BCUT2D eigenvalue weighted by atomic mass is 79.9. The molecule has 0 aliphatic heterocycles. The maximum absolute atomic E-state index is 13.4. The lowest BCUT2D eigenvalue weighted by Gasteiger charge is -2.05. The van der Waals surface area contributed by atoms with Crippen molar-refractivity contribution in [2.45, 2.75) is 19.3 Å². The molecule has 0 atom stereocenters. The van der Waals surface area contributed by atoms with Gasteiger partial charge in [0.2, 0.25) is 0 Å². The number of nitriles is 1. The van der Waals surface area contributed by atoms with Gasteiger partial charge in [-0.1, -0.05) is 28.5 Å². The van der Waals surface area contributed by atoms with Crippen molar-refractivity contribution in [2.75, 3.05) is 0 Å². The normalized spacial score (nSPS) is 11.4. The molecule has 0 bridgehead atoms. The quantitative estimate of drug-likeness (QED) is 0.363. The first-order chi connectivity index (χ1) is 13.1. The number of hydrogen-bond acceptors (Lipinski definition) is 6. The van der Waals surface area contributed by atoms with Crippen LogP contribution in [0, 0.1) is 17.1 Å². The van der Waals surface area contributed by atoms with Crippen LogP contribution in [0.2, 0.25) is 0 Å². The lowest BCUT2D eigenvalue weighted by molar-refractivity contribution is 0.300. The van der Waals surface area contributed by atoms with Crippen molar-refractivity contribution in [3.63, 3.8) is 0 Å². The van der Waals surface area contributed by atoms with Crippen molar-refractivity contribution in [1.82, 2.24) is 10.3 Å². The predicted octanol–water partition coefficient (Wildman–Crippen LogP) is 4.05. The maximum Gasteiger partial charge on any atom is 0.156 e. The molecule has 0 saturated carbocycles. The van der Waals surface area contributed by atoms with Gasteiger partial charge in [0.05, 0.1) is 16.1 Å². The fourth-order valence-electron chi connectivity index (χ4n) is 2.61. The van der Waals surface area contributed by atoms with Crippen LogP contribution in [0.5, 0.6) is 0 Å². The Balaban J connectivity index is 1.73. The smallest absolute Gasteiger partial charge is 0.156 e. The molecule has 0 saturated heterocycles. The minimum absolute atomic E-state index is 0.244. The molecular weight excluding hydrogens is 415 g/mol. The standard InChI is InChI=1S/C19H14BrFN4O2/c20-15-9-14(5-7-16(15)21)10-18(23-26)19-17(24-27-25-19)8-6-12-1-3-13(11-22)4-2-12/h1-5,7,9,26H,6,8,10H2. The van der Waals surface area contributed by atoms with Gasteiger partial charge in [0.1, 0.15) is 17.2 Å². The third-order valence-corrected chi connectivity index (χ3v) is 4.65. The summed E-state index contributed by atoms with van der Waals surface area (Å²) in [6.07, 6.45) is 1.43. The van der Waals surface area contributed by atoms with Gasteiger partial charge < -0.3 is 5.21 Å². The van der Waals surface area contributed by atoms with E-state index in [0.29, 0.717) is 34.3 Å². The Morgan fingerprint density at radius 2 is 1.89 bits per heavy atom. The highest BCUT2D eigenvalue weighted by Crippen LogP contribution is 2.19. The highest BCUT2D eigenvalue weighted by molar-refractivity contribution is 9.10. The summed E-state index contributed by atoms with van der Waals surface area (Å²) < 4.78 is 18.5. The summed E-state index contributed by atoms with van der Waals surface area (Å²) in [5, 5.41) is 29.3. The van der Waals surface area contributed by atoms with Gasteiger partial charge >= 0.3 is 0 Å². The molecule has 6 nitrogen and oxygen atoms in total. The molecule has 136 valence electrons. The molecule has 0 fully saturated rings. The Labute approximate surface area is 163 Å². The van der Waals surface area contributed by atoms with E-state index in [4.69, 9.17) is 9.89 Å². The number of rotatable bonds is 6. The van der Waals surface area contributed by atoms with Crippen molar-refractivity contribution in [3.05, 3.63) is 80.8 Å². The van der Waals surface area contributed by atoms with Gasteiger partial charge in [0, 0.05) is 6.42 Å². The van der Waals surface area contributed by atoms with Crippen LogP contribution in [0.1, 0.15) is 28.1 Å². The van der Waals surface area contributed by atoms with E-state index in [0.717, 1.165) is 11.1 Å². The van der Waals surface area contributed by atoms with E-state index >= 15 is 0 Å². The summed E-state index contributed by atoms with van der Waals surface area (Å²) in [6, 6.07) is 13.9. The number of aryl methyl sites for hydroxylation is 2. The van der Waals surface area contributed by atoms with Crippen molar-refractivity contribution >= 4 is 21.6 Å². The number of nitrogens with zero attached hydrogens (tertiary/aromatic N) is 4. The molecule has 1 aromatic heterocycles. The van der Waals surface area contributed by atoms with Crippen LogP contribution < -0.4 is 0 Å². The zero-order valence-corrected chi connectivity index (χ0v) is 15.6. The fourth-order valence-corrected chi connectivity index (χ4v) is 3.03. The molecule has 0 amide bonds. The molecule has 1 N–H and O–H groups in total. The summed E-state index contributed by atoms with van der Waals surface area (Å²) in [5.74, 6) is -0.368. The van der Waals surface area contributed by atoms with Gasteiger partial charge in [0.15, 0.2) is 5.69 Å². The molecule has 0 aliphatic carbocycles. The third-order valence-electron chi connectivity index (χ3n) is 4.04. The molecule has 3 aromatic rings. The minimum atomic E-state index is -0.368. The molecule has 0 aliphatic rings. The number of hydrogen-bond donors (Lipinski definition) is 1. The Hall–Kier alpha value is -3.05. The van der Waals surface area contributed by atoms with Crippen LogP contribution in [-0.4, -0.2) is 21.2 Å². The average Bonchev–Trinajstić information content (AvgIpc) is 3.16. The number of aromatic nitrogens is 2. The SMILES string of the molecule is N#Cc1ccc(CCc2nonc2C(Cc2ccc(F)c(Br)c2)=NO)cc1. The molecule has 0 unspecified atom stereocenters. The first kappa shape index (κ1) is 18.7. The molecular formula is C19H14BrFN4O2.